The number of aliphatic hydroxyl groups is 1. The number of allylic oxidation sites excluding steroid dienone is 1. The summed E-state index contributed by atoms with van der Waals surface area (Å²) in [7, 11) is 0. The Bertz CT molecular complexity index is 1070. The Hall–Kier alpha value is -3.27. The van der Waals surface area contributed by atoms with Gasteiger partial charge in [0.05, 0.1) is 24.0 Å². The first-order valence-corrected chi connectivity index (χ1v) is 11.3. The van der Waals surface area contributed by atoms with E-state index in [4.69, 9.17) is 4.74 Å². The summed E-state index contributed by atoms with van der Waals surface area (Å²) in [6, 6.07) is 6.63. The van der Waals surface area contributed by atoms with Crippen LogP contribution in [0.5, 0.6) is 0 Å². The number of benzene rings is 1. The maximum atomic E-state index is 13.4. The third-order valence-electron chi connectivity index (χ3n) is 6.48. The van der Waals surface area contributed by atoms with Crippen molar-refractivity contribution in [1.29, 1.82) is 0 Å². The van der Waals surface area contributed by atoms with Gasteiger partial charge in [0.1, 0.15) is 18.2 Å². The molecule has 2 aromatic rings. The molecule has 0 bridgehead atoms. The number of nitrogens with one attached hydrogen (secondary N) is 1. The molecule has 0 spiro atoms. The lowest BCUT2D eigenvalue weighted by Crippen LogP contribution is -2.48. The van der Waals surface area contributed by atoms with Gasteiger partial charge in [-0.2, -0.15) is 0 Å². The van der Waals surface area contributed by atoms with E-state index in [0.29, 0.717) is 11.9 Å². The highest BCUT2D eigenvalue weighted by Gasteiger charge is 2.56. The van der Waals surface area contributed by atoms with Crippen molar-refractivity contribution in [3.05, 3.63) is 36.4 Å². The van der Waals surface area contributed by atoms with Crippen LogP contribution in [0.3, 0.4) is 0 Å². The molecule has 2 amide bonds. The highest BCUT2D eigenvalue weighted by atomic mass is 16.5. The summed E-state index contributed by atoms with van der Waals surface area (Å²) in [5.74, 6) is -2.99. The number of fused-ring (bicyclic) bond motifs is 2. The molecule has 5 atom stereocenters. The van der Waals surface area contributed by atoms with Crippen LogP contribution in [0.15, 0.2) is 36.4 Å². The number of carbonyl (C=O) groups is 3. The fourth-order valence-electron chi connectivity index (χ4n) is 4.96. The van der Waals surface area contributed by atoms with Crippen LogP contribution in [-0.2, 0) is 25.8 Å². The van der Waals surface area contributed by atoms with E-state index in [-0.39, 0.29) is 44.2 Å². The normalized spacial score (nSPS) is 26.5. The lowest BCUT2D eigenvalue weighted by atomic mass is 9.70. The minimum Gasteiger partial charge on any atom is -0.466 e. The number of aromatic nitrogens is 3. The third-order valence-corrected chi connectivity index (χ3v) is 6.48. The van der Waals surface area contributed by atoms with E-state index >= 15 is 0 Å². The fourth-order valence-corrected chi connectivity index (χ4v) is 4.96. The van der Waals surface area contributed by atoms with Gasteiger partial charge >= 0.3 is 5.97 Å². The van der Waals surface area contributed by atoms with Crippen molar-refractivity contribution >= 4 is 28.8 Å². The molecule has 2 N–H and O–H groups in total. The van der Waals surface area contributed by atoms with Crippen LogP contribution in [0.2, 0.25) is 0 Å². The second-order valence-corrected chi connectivity index (χ2v) is 8.46. The summed E-state index contributed by atoms with van der Waals surface area (Å²) < 4.78 is 6.84. The summed E-state index contributed by atoms with van der Waals surface area (Å²) in [5.41, 5.74) is 1.50. The molecule has 1 aliphatic heterocycles. The Balaban J connectivity index is 1.59. The maximum absolute atomic E-state index is 13.4. The van der Waals surface area contributed by atoms with Crippen LogP contribution in [0.1, 0.15) is 20.3 Å². The van der Waals surface area contributed by atoms with Crippen LogP contribution in [-0.4, -0.2) is 68.6 Å². The average Bonchev–Trinajstić information content (AvgIpc) is 3.35. The Kier molecular flexibility index (Phi) is 6.73. The molecular weight excluding hydrogens is 426 g/mol. The van der Waals surface area contributed by atoms with Gasteiger partial charge < -0.3 is 20.1 Å². The largest absolute Gasteiger partial charge is 0.466 e. The number of rotatable bonds is 8. The highest BCUT2D eigenvalue weighted by Crippen LogP contribution is 2.44. The molecule has 33 heavy (non-hydrogen) atoms. The molecule has 2 aliphatic rings. The van der Waals surface area contributed by atoms with Gasteiger partial charge in [-0.1, -0.05) is 36.4 Å². The van der Waals surface area contributed by atoms with E-state index < -0.39 is 29.8 Å². The van der Waals surface area contributed by atoms with Crippen molar-refractivity contribution in [3.8, 4) is 0 Å². The van der Waals surface area contributed by atoms with Crippen molar-refractivity contribution in [2.24, 2.45) is 23.7 Å². The number of esters is 1. The van der Waals surface area contributed by atoms with Crippen molar-refractivity contribution < 1.29 is 24.2 Å². The van der Waals surface area contributed by atoms with Gasteiger partial charge in [0, 0.05) is 19.1 Å². The highest BCUT2D eigenvalue weighted by molar-refractivity contribution is 5.96. The van der Waals surface area contributed by atoms with E-state index in [1.807, 2.05) is 43.3 Å². The van der Waals surface area contributed by atoms with Gasteiger partial charge in [-0.05, 0) is 31.4 Å². The van der Waals surface area contributed by atoms with Crippen LogP contribution >= 0.6 is 0 Å². The lowest BCUT2D eigenvalue weighted by molar-refractivity contribution is -0.155. The molecule has 1 saturated heterocycles. The number of amides is 2. The van der Waals surface area contributed by atoms with E-state index in [0.717, 1.165) is 5.52 Å². The summed E-state index contributed by atoms with van der Waals surface area (Å²) in [6.07, 6.45) is 4.10. The van der Waals surface area contributed by atoms with Gasteiger partial charge in [0.2, 0.25) is 11.8 Å². The smallest absolute Gasteiger partial charge is 0.310 e. The number of ether oxygens (including phenoxy) is 1. The fraction of sp³-hybridized carbons (Fsp3) is 0.522. The SMILES string of the molecule is CCOC(=O)[C@H]1[C@H]2C(=O)N(CCCO)[C@H](C(=O)NCn3nnc4ccccc43)[C@H]2C=C[C@H]1C. The second-order valence-electron chi connectivity index (χ2n) is 8.46. The van der Waals surface area contributed by atoms with E-state index in [2.05, 4.69) is 15.6 Å². The minimum atomic E-state index is -0.787. The second kappa shape index (κ2) is 9.70. The molecule has 4 rings (SSSR count). The molecule has 10 nitrogen and oxygen atoms in total. The zero-order valence-electron chi connectivity index (χ0n) is 18.8. The van der Waals surface area contributed by atoms with Gasteiger partial charge in [-0.3, -0.25) is 14.4 Å². The van der Waals surface area contributed by atoms with Gasteiger partial charge in [-0.25, -0.2) is 4.68 Å². The zero-order valence-corrected chi connectivity index (χ0v) is 18.8. The van der Waals surface area contributed by atoms with Crippen LogP contribution in [0.4, 0.5) is 0 Å². The predicted octanol–water partition coefficient (Wildman–Crippen LogP) is 0.716. The number of para-hydroxylation sites is 1. The number of carbonyl (C=O) groups excluding carboxylic acids is 3. The van der Waals surface area contributed by atoms with Gasteiger partial charge in [0.15, 0.2) is 0 Å². The number of likely N-dealkylation sites (tertiary alicyclic amines) is 1. The summed E-state index contributed by atoms with van der Waals surface area (Å²) >= 11 is 0. The Morgan fingerprint density at radius 2 is 2.03 bits per heavy atom. The number of aliphatic hydroxyl groups excluding tert-OH is 1. The molecule has 0 radical (unpaired) electrons. The molecule has 1 aromatic carbocycles. The lowest BCUT2D eigenvalue weighted by Gasteiger charge is -2.32. The van der Waals surface area contributed by atoms with Crippen LogP contribution in [0.25, 0.3) is 11.0 Å². The first-order valence-electron chi connectivity index (χ1n) is 11.3. The van der Waals surface area contributed by atoms with E-state index in [1.54, 1.807) is 11.6 Å². The van der Waals surface area contributed by atoms with Crippen molar-refractivity contribution in [3.63, 3.8) is 0 Å². The summed E-state index contributed by atoms with van der Waals surface area (Å²) in [5, 5.41) is 20.4. The maximum Gasteiger partial charge on any atom is 0.310 e. The predicted molar refractivity (Wildman–Crippen MR) is 118 cm³/mol. The number of nitrogens with zero attached hydrogens (tertiary/aromatic N) is 4. The molecule has 1 fully saturated rings. The Morgan fingerprint density at radius 1 is 1.24 bits per heavy atom. The molecule has 2 heterocycles. The van der Waals surface area contributed by atoms with Crippen molar-refractivity contribution in [2.75, 3.05) is 19.8 Å². The van der Waals surface area contributed by atoms with Crippen molar-refractivity contribution in [2.45, 2.75) is 33.0 Å². The summed E-state index contributed by atoms with van der Waals surface area (Å²) in [4.78, 5) is 41.0. The summed E-state index contributed by atoms with van der Waals surface area (Å²) in [6.45, 7) is 4.05. The number of hydrogen-bond acceptors (Lipinski definition) is 7. The van der Waals surface area contributed by atoms with Crippen LogP contribution < -0.4 is 5.32 Å². The Morgan fingerprint density at radius 3 is 2.79 bits per heavy atom. The van der Waals surface area contributed by atoms with E-state index in [9.17, 15) is 19.5 Å². The Labute approximate surface area is 191 Å². The van der Waals surface area contributed by atoms with E-state index in [1.165, 1.54) is 4.90 Å². The first kappa shape index (κ1) is 22.9. The molecule has 1 aliphatic carbocycles. The minimum absolute atomic E-state index is 0.0939. The molecule has 0 unspecified atom stereocenters. The zero-order chi connectivity index (χ0) is 23.5. The molecule has 10 heteroatoms. The number of hydrogen-bond donors (Lipinski definition) is 2. The molecular formula is C23H29N5O5. The quantitative estimate of drug-likeness (QED) is 0.443. The molecule has 176 valence electrons. The van der Waals surface area contributed by atoms with Crippen LogP contribution in [0, 0.1) is 23.7 Å². The average molecular weight is 456 g/mol. The monoisotopic (exact) mass is 455 g/mol. The first-order chi connectivity index (χ1) is 16.0. The standard InChI is InChI=1S/C23H29N5O5/c1-3-33-23(32)18-14(2)9-10-15-19(18)22(31)27(11-6-12-29)20(15)21(30)24-13-28-17-8-5-4-7-16(17)25-26-28/h4-5,7-10,14-15,18-20,29H,3,6,11-13H2,1-2H3,(H,24,30)/t14-,15+,18-,19+,20+/m1/s1. The van der Waals surface area contributed by atoms with Crippen molar-refractivity contribution in [1.82, 2.24) is 25.2 Å². The third kappa shape index (κ3) is 4.22. The van der Waals surface area contributed by atoms with Gasteiger partial charge in [-0.15, -0.1) is 5.10 Å². The molecule has 0 saturated carbocycles. The van der Waals surface area contributed by atoms with Gasteiger partial charge in [0.25, 0.3) is 0 Å². The molecule has 1 aromatic heterocycles. The topological polar surface area (TPSA) is 127 Å².